The van der Waals surface area contributed by atoms with Crippen LogP contribution in [0, 0.1) is 5.92 Å². The van der Waals surface area contributed by atoms with Crippen LogP contribution in [0.15, 0.2) is 23.1 Å². The van der Waals surface area contributed by atoms with Crippen LogP contribution in [0.5, 0.6) is 0 Å². The van der Waals surface area contributed by atoms with Crippen molar-refractivity contribution in [2.24, 2.45) is 5.92 Å². The van der Waals surface area contributed by atoms with E-state index in [1.807, 2.05) is 6.92 Å². The molecule has 0 bridgehead atoms. The molecule has 21 heavy (non-hydrogen) atoms. The van der Waals surface area contributed by atoms with E-state index in [1.54, 1.807) is 6.20 Å². The maximum Gasteiger partial charge on any atom is 0.316 e. The van der Waals surface area contributed by atoms with Gasteiger partial charge in [-0.1, -0.05) is 19.0 Å². The molecule has 0 fully saturated rings. The molecule has 0 aliphatic heterocycles. The molecule has 0 aliphatic rings. The van der Waals surface area contributed by atoms with Gasteiger partial charge in [0.2, 0.25) is 5.82 Å². The van der Waals surface area contributed by atoms with Crippen LogP contribution in [0.4, 0.5) is 0 Å². The van der Waals surface area contributed by atoms with Crippen molar-refractivity contribution in [3.8, 4) is 11.5 Å². The molecule has 1 unspecified atom stereocenters. The van der Waals surface area contributed by atoms with Gasteiger partial charge in [0.05, 0.1) is 6.20 Å². The Bertz CT molecular complexity index is 582. The molecule has 0 aromatic carbocycles. The molecule has 1 atom stereocenters. The van der Waals surface area contributed by atoms with Gasteiger partial charge in [0.1, 0.15) is 5.69 Å². The van der Waals surface area contributed by atoms with E-state index in [1.165, 1.54) is 12.4 Å². The van der Waals surface area contributed by atoms with Gasteiger partial charge in [-0.15, -0.1) is 0 Å². The highest BCUT2D eigenvalue weighted by Crippen LogP contribution is 2.11. The minimum atomic E-state index is -0.367. The molecule has 2 aromatic heterocycles. The number of nitrogens with one attached hydrogen (secondary N) is 1. The third-order valence-electron chi connectivity index (χ3n) is 2.97. The number of nitrogens with zero attached hydrogens (tertiary/aromatic N) is 4. The molecule has 112 valence electrons. The fourth-order valence-corrected chi connectivity index (χ4v) is 1.78. The Kier molecular flexibility index (Phi) is 4.97. The summed E-state index contributed by atoms with van der Waals surface area (Å²) in [6, 6.07) is 0.0618. The molecule has 1 amide bonds. The van der Waals surface area contributed by atoms with E-state index in [0.29, 0.717) is 11.6 Å². The Labute approximate surface area is 123 Å². The zero-order valence-electron chi connectivity index (χ0n) is 12.4. The zero-order valence-corrected chi connectivity index (χ0v) is 12.4. The number of carbonyl (C=O) groups excluding carboxylic acids is 1. The minimum absolute atomic E-state index is 0.0618. The van der Waals surface area contributed by atoms with Crippen LogP contribution in [0.2, 0.25) is 0 Å². The van der Waals surface area contributed by atoms with Crippen molar-refractivity contribution in [1.82, 2.24) is 25.4 Å². The summed E-state index contributed by atoms with van der Waals surface area (Å²) in [5, 5.41) is 6.58. The van der Waals surface area contributed by atoms with Crippen molar-refractivity contribution in [3.63, 3.8) is 0 Å². The standard InChI is InChI=1S/C14H19N5O2/c1-9(2)4-5-10(3)17-13(20)14-18-12(19-21-14)11-8-15-6-7-16-11/h6-10H,4-5H2,1-3H3,(H,17,20). The molecule has 7 heteroatoms. The van der Waals surface area contributed by atoms with E-state index in [0.717, 1.165) is 12.8 Å². The summed E-state index contributed by atoms with van der Waals surface area (Å²) in [6.45, 7) is 6.26. The van der Waals surface area contributed by atoms with Crippen LogP contribution in [-0.4, -0.2) is 32.1 Å². The molecule has 1 N–H and O–H groups in total. The number of hydrogen-bond donors (Lipinski definition) is 1. The molecule has 0 saturated heterocycles. The molecule has 7 nitrogen and oxygen atoms in total. The van der Waals surface area contributed by atoms with Gasteiger partial charge in [-0.2, -0.15) is 4.98 Å². The summed E-state index contributed by atoms with van der Waals surface area (Å²) in [5.74, 6) is 0.431. The predicted molar refractivity (Wildman–Crippen MR) is 76.3 cm³/mol. The van der Waals surface area contributed by atoms with Crippen LogP contribution < -0.4 is 5.32 Å². The largest absolute Gasteiger partial charge is 0.345 e. The summed E-state index contributed by atoms with van der Waals surface area (Å²) in [5.41, 5.74) is 0.466. The number of hydrogen-bond acceptors (Lipinski definition) is 6. The maximum absolute atomic E-state index is 12.0. The number of aromatic nitrogens is 4. The maximum atomic E-state index is 12.0. The van der Waals surface area contributed by atoms with E-state index in [2.05, 4.69) is 39.3 Å². The number of rotatable bonds is 6. The molecule has 0 spiro atoms. The van der Waals surface area contributed by atoms with Gasteiger partial charge in [0, 0.05) is 18.4 Å². The third-order valence-corrected chi connectivity index (χ3v) is 2.97. The van der Waals surface area contributed by atoms with E-state index >= 15 is 0 Å². The Hall–Kier alpha value is -2.31. The Morgan fingerprint density at radius 3 is 2.76 bits per heavy atom. The SMILES string of the molecule is CC(C)CCC(C)NC(=O)c1nc(-c2cnccn2)no1. The van der Waals surface area contributed by atoms with E-state index in [9.17, 15) is 4.79 Å². The molecule has 2 aromatic rings. The molecular formula is C14H19N5O2. The first-order valence-corrected chi connectivity index (χ1v) is 6.97. The van der Waals surface area contributed by atoms with Crippen molar-refractivity contribution in [2.75, 3.05) is 0 Å². The second-order valence-electron chi connectivity index (χ2n) is 5.36. The molecular weight excluding hydrogens is 270 g/mol. The quantitative estimate of drug-likeness (QED) is 0.875. The van der Waals surface area contributed by atoms with Crippen molar-refractivity contribution < 1.29 is 9.32 Å². The molecule has 0 radical (unpaired) electrons. The lowest BCUT2D eigenvalue weighted by molar-refractivity contribution is 0.0893. The average molecular weight is 289 g/mol. The van der Waals surface area contributed by atoms with E-state index < -0.39 is 0 Å². The molecule has 2 rings (SSSR count). The summed E-state index contributed by atoms with van der Waals surface area (Å²) >= 11 is 0. The first-order chi connectivity index (χ1) is 10.1. The molecule has 0 aliphatic carbocycles. The fourth-order valence-electron chi connectivity index (χ4n) is 1.78. The van der Waals surface area contributed by atoms with Gasteiger partial charge >= 0.3 is 11.8 Å². The minimum Gasteiger partial charge on any atom is -0.345 e. The van der Waals surface area contributed by atoms with Gasteiger partial charge < -0.3 is 9.84 Å². The summed E-state index contributed by atoms with van der Waals surface area (Å²) in [6.07, 6.45) is 6.55. The smallest absolute Gasteiger partial charge is 0.316 e. The lowest BCUT2D eigenvalue weighted by Gasteiger charge is -2.13. The second-order valence-corrected chi connectivity index (χ2v) is 5.36. The predicted octanol–water partition coefficient (Wildman–Crippen LogP) is 2.08. The van der Waals surface area contributed by atoms with Crippen molar-refractivity contribution in [3.05, 3.63) is 24.5 Å². The third kappa shape index (κ3) is 4.34. The molecule has 0 saturated carbocycles. The number of carbonyl (C=O) groups is 1. The van der Waals surface area contributed by atoms with E-state index in [-0.39, 0.29) is 23.7 Å². The highest BCUT2D eigenvalue weighted by atomic mass is 16.5. The first-order valence-electron chi connectivity index (χ1n) is 6.97. The average Bonchev–Trinajstić information content (AvgIpc) is 2.96. The van der Waals surface area contributed by atoms with Crippen LogP contribution in [0.3, 0.4) is 0 Å². The van der Waals surface area contributed by atoms with Crippen molar-refractivity contribution in [1.29, 1.82) is 0 Å². The zero-order chi connectivity index (χ0) is 15.2. The lowest BCUT2D eigenvalue weighted by Crippen LogP contribution is -2.32. The Balaban J connectivity index is 1.96. The van der Waals surface area contributed by atoms with Gasteiger partial charge in [-0.25, -0.2) is 4.98 Å². The van der Waals surface area contributed by atoms with Crippen LogP contribution in [0.25, 0.3) is 11.5 Å². The van der Waals surface area contributed by atoms with Crippen LogP contribution in [-0.2, 0) is 0 Å². The second kappa shape index (κ2) is 6.92. The lowest BCUT2D eigenvalue weighted by atomic mass is 10.0. The summed E-state index contributed by atoms with van der Waals surface area (Å²) in [4.78, 5) is 24.0. The highest BCUT2D eigenvalue weighted by molar-refractivity contribution is 5.90. The Morgan fingerprint density at radius 1 is 1.29 bits per heavy atom. The van der Waals surface area contributed by atoms with Gasteiger partial charge in [-0.3, -0.25) is 9.78 Å². The van der Waals surface area contributed by atoms with Gasteiger partial charge in [0.15, 0.2) is 0 Å². The van der Waals surface area contributed by atoms with Crippen molar-refractivity contribution >= 4 is 5.91 Å². The van der Waals surface area contributed by atoms with E-state index in [4.69, 9.17) is 4.52 Å². The fraction of sp³-hybridized carbons (Fsp3) is 0.500. The summed E-state index contributed by atoms with van der Waals surface area (Å²) in [7, 11) is 0. The molecule has 2 heterocycles. The topological polar surface area (TPSA) is 93.8 Å². The van der Waals surface area contributed by atoms with Crippen molar-refractivity contribution in [2.45, 2.75) is 39.7 Å². The normalized spacial score (nSPS) is 12.4. The highest BCUT2D eigenvalue weighted by Gasteiger charge is 2.18. The van der Waals surface area contributed by atoms with Crippen LogP contribution in [0.1, 0.15) is 44.3 Å². The van der Waals surface area contributed by atoms with Gasteiger partial charge in [-0.05, 0) is 25.7 Å². The number of amides is 1. The monoisotopic (exact) mass is 289 g/mol. The van der Waals surface area contributed by atoms with Crippen LogP contribution >= 0.6 is 0 Å². The summed E-state index contributed by atoms with van der Waals surface area (Å²) < 4.78 is 4.97. The Morgan fingerprint density at radius 2 is 2.10 bits per heavy atom. The first kappa shape index (κ1) is 15.1. The van der Waals surface area contributed by atoms with Gasteiger partial charge in [0.25, 0.3) is 0 Å².